The van der Waals surface area contributed by atoms with Gasteiger partial charge in [-0.3, -0.25) is 4.98 Å². The fraction of sp³-hybridized carbons (Fsp3) is 0.421. The van der Waals surface area contributed by atoms with E-state index in [1.54, 1.807) is 31.2 Å². The van der Waals surface area contributed by atoms with Crippen LogP contribution in [0.5, 0.6) is 5.75 Å². The van der Waals surface area contributed by atoms with Crippen LogP contribution in [0.2, 0.25) is 5.02 Å². The third-order valence-electron chi connectivity index (χ3n) is 4.64. The SMILES string of the molecule is Cc1ccc(C(OC2CCN(C)CC2)c2ccc(Cl)cn2)c(O)c1F. The third-order valence-corrected chi connectivity index (χ3v) is 4.86. The van der Waals surface area contributed by atoms with Gasteiger partial charge in [0, 0.05) is 24.8 Å². The Morgan fingerprint density at radius 3 is 2.64 bits per heavy atom. The molecule has 1 aliphatic heterocycles. The van der Waals surface area contributed by atoms with Crippen molar-refractivity contribution in [1.82, 2.24) is 9.88 Å². The molecule has 1 unspecified atom stereocenters. The minimum absolute atomic E-state index is 0.0300. The highest BCUT2D eigenvalue weighted by Gasteiger charge is 2.27. The van der Waals surface area contributed by atoms with Gasteiger partial charge in [0.1, 0.15) is 6.10 Å². The number of hydrogen-bond acceptors (Lipinski definition) is 4. The summed E-state index contributed by atoms with van der Waals surface area (Å²) in [6, 6.07) is 6.81. The predicted octanol–water partition coefficient (Wildman–Crippen LogP) is 4.09. The van der Waals surface area contributed by atoms with Gasteiger partial charge in [-0.1, -0.05) is 23.7 Å². The normalized spacial score (nSPS) is 17.6. The van der Waals surface area contributed by atoms with Crippen LogP contribution in [0.25, 0.3) is 0 Å². The molecule has 4 nitrogen and oxygen atoms in total. The average Bonchev–Trinajstić information content (AvgIpc) is 2.61. The molecule has 1 fully saturated rings. The summed E-state index contributed by atoms with van der Waals surface area (Å²) < 4.78 is 20.5. The summed E-state index contributed by atoms with van der Waals surface area (Å²) in [6.45, 7) is 3.51. The molecule has 0 radical (unpaired) electrons. The zero-order valence-electron chi connectivity index (χ0n) is 14.4. The summed E-state index contributed by atoms with van der Waals surface area (Å²) in [7, 11) is 2.08. The maximum atomic E-state index is 14.2. The number of halogens is 2. The first-order valence-corrected chi connectivity index (χ1v) is 8.77. The molecule has 1 atom stereocenters. The van der Waals surface area contributed by atoms with Crippen LogP contribution in [0.1, 0.15) is 35.8 Å². The Hall–Kier alpha value is -1.69. The van der Waals surface area contributed by atoms with E-state index in [1.165, 1.54) is 6.20 Å². The van der Waals surface area contributed by atoms with Crippen molar-refractivity contribution in [3.05, 3.63) is 58.1 Å². The van der Waals surface area contributed by atoms with Crippen molar-refractivity contribution in [2.24, 2.45) is 0 Å². The zero-order chi connectivity index (χ0) is 18.0. The van der Waals surface area contributed by atoms with Gasteiger partial charge in [-0.25, -0.2) is 4.39 Å². The van der Waals surface area contributed by atoms with Crippen molar-refractivity contribution in [3.63, 3.8) is 0 Å². The zero-order valence-corrected chi connectivity index (χ0v) is 15.1. The van der Waals surface area contributed by atoms with E-state index in [0.29, 0.717) is 21.8 Å². The Morgan fingerprint density at radius 1 is 1.28 bits per heavy atom. The fourth-order valence-corrected chi connectivity index (χ4v) is 3.16. The van der Waals surface area contributed by atoms with Crippen molar-refractivity contribution in [2.75, 3.05) is 20.1 Å². The first-order chi connectivity index (χ1) is 12.0. The lowest BCUT2D eigenvalue weighted by Gasteiger charge is -2.32. The molecule has 2 aromatic rings. The van der Waals surface area contributed by atoms with Gasteiger partial charge in [-0.2, -0.15) is 0 Å². The lowest BCUT2D eigenvalue weighted by Crippen LogP contribution is -2.35. The minimum atomic E-state index is -0.638. The molecule has 0 saturated carbocycles. The molecule has 2 heterocycles. The Balaban J connectivity index is 1.94. The number of aromatic hydroxyl groups is 1. The molecule has 1 aromatic carbocycles. The van der Waals surface area contributed by atoms with Crippen LogP contribution in [0, 0.1) is 12.7 Å². The van der Waals surface area contributed by atoms with Gasteiger partial charge < -0.3 is 14.7 Å². The average molecular weight is 365 g/mol. The summed E-state index contributed by atoms with van der Waals surface area (Å²) in [5, 5.41) is 10.8. The number of nitrogens with zero attached hydrogens (tertiary/aromatic N) is 2. The first-order valence-electron chi connectivity index (χ1n) is 8.39. The second-order valence-corrected chi connectivity index (χ2v) is 6.99. The van der Waals surface area contributed by atoms with E-state index in [4.69, 9.17) is 16.3 Å². The molecule has 25 heavy (non-hydrogen) atoms. The molecule has 1 N–H and O–H groups in total. The van der Waals surface area contributed by atoms with E-state index in [9.17, 15) is 9.50 Å². The third kappa shape index (κ3) is 4.11. The molecule has 6 heteroatoms. The topological polar surface area (TPSA) is 45.6 Å². The van der Waals surface area contributed by atoms with Crippen LogP contribution in [-0.2, 0) is 4.74 Å². The predicted molar refractivity (Wildman–Crippen MR) is 95.5 cm³/mol. The molecule has 0 amide bonds. The number of hydrogen-bond donors (Lipinski definition) is 1. The van der Waals surface area contributed by atoms with Crippen LogP contribution in [-0.4, -0.2) is 41.2 Å². The van der Waals surface area contributed by atoms with Crippen LogP contribution < -0.4 is 0 Å². The summed E-state index contributed by atoms with van der Waals surface area (Å²) in [6.07, 6.45) is 2.69. The maximum Gasteiger partial charge on any atom is 0.168 e. The van der Waals surface area contributed by atoms with E-state index in [1.807, 2.05) is 0 Å². The summed E-state index contributed by atoms with van der Waals surface area (Å²) in [5.41, 5.74) is 1.38. The monoisotopic (exact) mass is 364 g/mol. The summed E-state index contributed by atoms with van der Waals surface area (Å²) in [5.74, 6) is -1.00. The number of aromatic nitrogens is 1. The number of ether oxygens (including phenoxy) is 1. The molecule has 1 aliphatic rings. The Morgan fingerprint density at radius 2 is 2.00 bits per heavy atom. The van der Waals surface area contributed by atoms with Crippen molar-refractivity contribution in [3.8, 4) is 5.75 Å². The van der Waals surface area contributed by atoms with Gasteiger partial charge in [0.05, 0.1) is 16.8 Å². The number of piperidine rings is 1. The quantitative estimate of drug-likeness (QED) is 0.887. The molecule has 134 valence electrons. The van der Waals surface area contributed by atoms with Crippen molar-refractivity contribution < 1.29 is 14.2 Å². The second-order valence-electron chi connectivity index (χ2n) is 6.55. The Labute approximate surface area is 152 Å². The highest BCUT2D eigenvalue weighted by Crippen LogP contribution is 2.36. The highest BCUT2D eigenvalue weighted by atomic mass is 35.5. The van der Waals surface area contributed by atoms with Gasteiger partial charge in [0.2, 0.25) is 0 Å². The molecule has 0 aliphatic carbocycles. The van der Waals surface area contributed by atoms with Crippen molar-refractivity contribution >= 4 is 11.6 Å². The molecule has 3 rings (SSSR count). The van der Waals surface area contributed by atoms with Crippen LogP contribution in [0.15, 0.2) is 30.5 Å². The smallest absolute Gasteiger partial charge is 0.168 e. The highest BCUT2D eigenvalue weighted by molar-refractivity contribution is 6.30. The molecule has 0 bridgehead atoms. The van der Waals surface area contributed by atoms with Gasteiger partial charge in [0.25, 0.3) is 0 Å². The van der Waals surface area contributed by atoms with Crippen molar-refractivity contribution in [1.29, 1.82) is 0 Å². The lowest BCUT2D eigenvalue weighted by molar-refractivity contribution is -0.0259. The van der Waals surface area contributed by atoms with E-state index in [2.05, 4.69) is 16.9 Å². The van der Waals surface area contributed by atoms with E-state index in [-0.39, 0.29) is 11.9 Å². The number of benzene rings is 1. The Bertz CT molecular complexity index is 731. The van der Waals surface area contributed by atoms with Crippen LogP contribution >= 0.6 is 11.6 Å². The standard InChI is InChI=1S/C19H22ClFN2O2/c1-12-3-5-15(18(24)17(12)21)19(16-6-4-13(20)11-22-16)25-14-7-9-23(2)10-8-14/h3-6,11,14,19,24H,7-10H2,1-2H3. The van der Waals surface area contributed by atoms with Gasteiger partial charge in [0.15, 0.2) is 11.6 Å². The van der Waals surface area contributed by atoms with Crippen LogP contribution in [0.4, 0.5) is 4.39 Å². The summed E-state index contributed by atoms with van der Waals surface area (Å²) in [4.78, 5) is 6.58. The number of pyridine rings is 1. The largest absolute Gasteiger partial charge is 0.505 e. The van der Waals surface area contributed by atoms with E-state index < -0.39 is 11.9 Å². The number of aryl methyl sites for hydroxylation is 1. The number of phenolic OH excluding ortho intramolecular Hbond substituents is 1. The number of phenols is 1. The fourth-order valence-electron chi connectivity index (χ4n) is 3.05. The van der Waals surface area contributed by atoms with Crippen molar-refractivity contribution in [2.45, 2.75) is 32.0 Å². The van der Waals surface area contributed by atoms with E-state index >= 15 is 0 Å². The first kappa shape index (κ1) is 18.1. The molecule has 1 aromatic heterocycles. The lowest BCUT2D eigenvalue weighted by atomic mass is 10.0. The number of likely N-dealkylation sites (tertiary alicyclic amines) is 1. The van der Waals surface area contributed by atoms with Crippen LogP contribution in [0.3, 0.4) is 0 Å². The Kier molecular flexibility index (Phi) is 5.57. The minimum Gasteiger partial charge on any atom is -0.505 e. The summed E-state index contributed by atoms with van der Waals surface area (Å²) >= 11 is 5.93. The molecular weight excluding hydrogens is 343 g/mol. The second kappa shape index (κ2) is 7.68. The molecule has 0 spiro atoms. The van der Waals surface area contributed by atoms with E-state index in [0.717, 1.165) is 25.9 Å². The maximum absolute atomic E-state index is 14.2. The number of rotatable bonds is 4. The molecular formula is C19H22ClFN2O2. The van der Waals surface area contributed by atoms with Gasteiger partial charge >= 0.3 is 0 Å². The molecule has 1 saturated heterocycles. The van der Waals surface area contributed by atoms with Gasteiger partial charge in [-0.15, -0.1) is 0 Å². The van der Waals surface area contributed by atoms with Gasteiger partial charge in [-0.05, 0) is 44.5 Å².